The maximum Gasteiger partial charge on any atom is 0.231 e. The molecular weight excluding hydrogens is 178 g/mol. The van der Waals surface area contributed by atoms with E-state index in [1.165, 1.54) is 0 Å². The van der Waals surface area contributed by atoms with E-state index in [1.54, 1.807) is 17.0 Å². The SMILES string of the molecule is CCCN1C(=O)Cc2cc(O)ccc21. The van der Waals surface area contributed by atoms with Gasteiger partial charge in [-0.15, -0.1) is 0 Å². The second-order valence-corrected chi connectivity index (χ2v) is 3.54. The topological polar surface area (TPSA) is 40.5 Å². The van der Waals surface area contributed by atoms with Gasteiger partial charge in [-0.3, -0.25) is 4.79 Å². The molecule has 1 aromatic carbocycles. The van der Waals surface area contributed by atoms with Crippen molar-refractivity contribution in [1.29, 1.82) is 0 Å². The summed E-state index contributed by atoms with van der Waals surface area (Å²) in [6.07, 6.45) is 1.37. The average Bonchev–Trinajstić information content (AvgIpc) is 2.43. The van der Waals surface area contributed by atoms with Crippen molar-refractivity contribution in [2.24, 2.45) is 0 Å². The minimum absolute atomic E-state index is 0.132. The fraction of sp³-hybridized carbons (Fsp3) is 0.364. The molecule has 0 saturated carbocycles. The minimum Gasteiger partial charge on any atom is -0.508 e. The zero-order valence-corrected chi connectivity index (χ0v) is 8.16. The number of phenolic OH excluding ortho intramolecular Hbond substituents is 1. The van der Waals surface area contributed by atoms with Crippen molar-refractivity contribution in [3.05, 3.63) is 23.8 Å². The summed E-state index contributed by atoms with van der Waals surface area (Å²) in [6.45, 7) is 2.81. The van der Waals surface area contributed by atoms with Crippen LogP contribution in [0.3, 0.4) is 0 Å². The minimum atomic E-state index is 0.132. The standard InChI is InChI=1S/C11H13NO2/c1-2-5-12-10-4-3-9(13)6-8(10)7-11(12)14/h3-4,6,13H,2,5,7H2,1H3. The Morgan fingerprint density at radius 3 is 3.00 bits per heavy atom. The molecule has 1 amide bonds. The number of amides is 1. The molecule has 0 radical (unpaired) electrons. The van der Waals surface area contributed by atoms with E-state index >= 15 is 0 Å². The van der Waals surface area contributed by atoms with Gasteiger partial charge in [0.25, 0.3) is 0 Å². The molecule has 0 saturated heterocycles. The van der Waals surface area contributed by atoms with Crippen LogP contribution in [0.4, 0.5) is 5.69 Å². The van der Waals surface area contributed by atoms with E-state index in [9.17, 15) is 9.90 Å². The Morgan fingerprint density at radius 2 is 2.29 bits per heavy atom. The van der Waals surface area contributed by atoms with Gasteiger partial charge in [-0.2, -0.15) is 0 Å². The van der Waals surface area contributed by atoms with E-state index in [-0.39, 0.29) is 11.7 Å². The average molecular weight is 191 g/mol. The van der Waals surface area contributed by atoms with Crippen LogP contribution < -0.4 is 4.90 Å². The van der Waals surface area contributed by atoms with Crippen LogP contribution in [-0.2, 0) is 11.2 Å². The van der Waals surface area contributed by atoms with Gasteiger partial charge in [0.05, 0.1) is 6.42 Å². The van der Waals surface area contributed by atoms with Crippen molar-refractivity contribution >= 4 is 11.6 Å². The quantitative estimate of drug-likeness (QED) is 0.772. The molecule has 0 fully saturated rings. The lowest BCUT2D eigenvalue weighted by Crippen LogP contribution is -2.27. The molecule has 14 heavy (non-hydrogen) atoms. The number of hydrogen-bond acceptors (Lipinski definition) is 2. The summed E-state index contributed by atoms with van der Waals surface area (Å²) in [6, 6.07) is 5.11. The second kappa shape index (κ2) is 3.33. The largest absolute Gasteiger partial charge is 0.508 e. The van der Waals surface area contributed by atoms with Crippen LogP contribution in [0.1, 0.15) is 18.9 Å². The Bertz CT molecular complexity index is 374. The van der Waals surface area contributed by atoms with Crippen LogP contribution in [0.25, 0.3) is 0 Å². The first kappa shape index (κ1) is 9.06. The fourth-order valence-corrected chi connectivity index (χ4v) is 1.84. The van der Waals surface area contributed by atoms with Crippen molar-refractivity contribution in [1.82, 2.24) is 0 Å². The van der Waals surface area contributed by atoms with E-state index in [4.69, 9.17) is 0 Å². The summed E-state index contributed by atoms with van der Waals surface area (Å²) in [5, 5.41) is 9.27. The van der Waals surface area contributed by atoms with Gasteiger partial charge < -0.3 is 10.0 Å². The highest BCUT2D eigenvalue weighted by atomic mass is 16.3. The van der Waals surface area contributed by atoms with Gasteiger partial charge in [-0.05, 0) is 30.2 Å². The van der Waals surface area contributed by atoms with Gasteiger partial charge in [-0.1, -0.05) is 6.92 Å². The maximum absolute atomic E-state index is 11.6. The molecule has 0 aromatic heterocycles. The Morgan fingerprint density at radius 1 is 1.50 bits per heavy atom. The normalized spacial score (nSPS) is 14.6. The van der Waals surface area contributed by atoms with Gasteiger partial charge >= 0.3 is 0 Å². The van der Waals surface area contributed by atoms with Gasteiger partial charge in [0.2, 0.25) is 5.91 Å². The lowest BCUT2D eigenvalue weighted by Gasteiger charge is -2.15. The molecule has 0 aliphatic carbocycles. The summed E-state index contributed by atoms with van der Waals surface area (Å²) < 4.78 is 0. The molecule has 3 heteroatoms. The number of phenols is 1. The predicted molar refractivity (Wildman–Crippen MR) is 54.5 cm³/mol. The number of aromatic hydroxyl groups is 1. The summed E-state index contributed by atoms with van der Waals surface area (Å²) in [5.74, 6) is 0.363. The number of hydrogen-bond donors (Lipinski definition) is 1. The third-order valence-electron chi connectivity index (χ3n) is 2.44. The molecule has 0 unspecified atom stereocenters. The summed E-state index contributed by atoms with van der Waals surface area (Å²) >= 11 is 0. The molecule has 1 aromatic rings. The van der Waals surface area contributed by atoms with Gasteiger partial charge in [0.1, 0.15) is 5.75 Å². The highest BCUT2D eigenvalue weighted by Gasteiger charge is 2.26. The third kappa shape index (κ3) is 1.35. The number of carbonyl (C=O) groups is 1. The first-order valence-electron chi connectivity index (χ1n) is 4.84. The van der Waals surface area contributed by atoms with Crippen molar-refractivity contribution < 1.29 is 9.90 Å². The van der Waals surface area contributed by atoms with Gasteiger partial charge in [-0.25, -0.2) is 0 Å². The van der Waals surface area contributed by atoms with Crippen molar-refractivity contribution in [2.75, 3.05) is 11.4 Å². The van der Waals surface area contributed by atoms with E-state index in [1.807, 2.05) is 13.0 Å². The van der Waals surface area contributed by atoms with Crippen LogP contribution >= 0.6 is 0 Å². The van der Waals surface area contributed by atoms with Crippen LogP contribution in [0, 0.1) is 0 Å². The van der Waals surface area contributed by atoms with Crippen molar-refractivity contribution in [2.45, 2.75) is 19.8 Å². The molecule has 1 aliphatic rings. The molecule has 0 bridgehead atoms. The van der Waals surface area contributed by atoms with Gasteiger partial charge in [0, 0.05) is 12.2 Å². The first-order valence-corrected chi connectivity index (χ1v) is 4.84. The molecule has 0 spiro atoms. The van der Waals surface area contributed by atoms with E-state index < -0.39 is 0 Å². The molecule has 1 aliphatic heterocycles. The lowest BCUT2D eigenvalue weighted by molar-refractivity contribution is -0.117. The number of nitrogens with zero attached hydrogens (tertiary/aromatic N) is 1. The second-order valence-electron chi connectivity index (χ2n) is 3.54. The number of rotatable bonds is 2. The Kier molecular flexibility index (Phi) is 2.15. The predicted octanol–water partition coefficient (Wildman–Crippen LogP) is 1.69. The summed E-state index contributed by atoms with van der Waals surface area (Å²) in [7, 11) is 0. The first-order chi connectivity index (χ1) is 6.72. The molecule has 1 heterocycles. The van der Waals surface area contributed by atoms with Gasteiger partial charge in [0.15, 0.2) is 0 Å². The summed E-state index contributed by atoms with van der Waals surface area (Å²) in [5.41, 5.74) is 1.89. The zero-order valence-electron chi connectivity index (χ0n) is 8.16. The summed E-state index contributed by atoms with van der Waals surface area (Å²) in [4.78, 5) is 13.4. The van der Waals surface area contributed by atoms with Crippen molar-refractivity contribution in [3.63, 3.8) is 0 Å². The van der Waals surface area contributed by atoms with E-state index in [0.29, 0.717) is 6.42 Å². The number of anilines is 1. The number of benzene rings is 1. The third-order valence-corrected chi connectivity index (χ3v) is 2.44. The maximum atomic E-state index is 11.6. The van der Waals surface area contributed by atoms with Crippen molar-refractivity contribution in [3.8, 4) is 5.75 Å². The molecule has 0 atom stereocenters. The Hall–Kier alpha value is -1.51. The van der Waals surface area contributed by atoms with Crippen LogP contribution in [0.2, 0.25) is 0 Å². The van der Waals surface area contributed by atoms with E-state index in [2.05, 4.69) is 0 Å². The molecule has 1 N–H and O–H groups in total. The fourth-order valence-electron chi connectivity index (χ4n) is 1.84. The van der Waals surface area contributed by atoms with Crippen LogP contribution in [0.5, 0.6) is 5.75 Å². The Balaban J connectivity index is 2.37. The van der Waals surface area contributed by atoms with Crippen LogP contribution in [-0.4, -0.2) is 17.6 Å². The molecule has 3 nitrogen and oxygen atoms in total. The monoisotopic (exact) mass is 191 g/mol. The number of fused-ring (bicyclic) bond motifs is 1. The van der Waals surface area contributed by atoms with Crippen LogP contribution in [0.15, 0.2) is 18.2 Å². The molecular formula is C11H13NO2. The van der Waals surface area contributed by atoms with E-state index in [0.717, 1.165) is 24.2 Å². The lowest BCUT2D eigenvalue weighted by atomic mass is 10.1. The zero-order chi connectivity index (χ0) is 10.1. The number of carbonyl (C=O) groups excluding carboxylic acids is 1. The Labute approximate surface area is 83.0 Å². The molecule has 2 rings (SSSR count). The highest BCUT2D eigenvalue weighted by molar-refractivity contribution is 6.01. The smallest absolute Gasteiger partial charge is 0.231 e. The highest BCUT2D eigenvalue weighted by Crippen LogP contribution is 2.31. The molecule has 74 valence electrons.